The lowest BCUT2D eigenvalue weighted by molar-refractivity contribution is 0.0968. The predicted molar refractivity (Wildman–Crippen MR) is 138 cm³/mol. The Labute approximate surface area is 209 Å². The highest BCUT2D eigenvalue weighted by Crippen LogP contribution is 2.39. The lowest BCUT2D eigenvalue weighted by Crippen LogP contribution is -2.41. The van der Waals surface area contributed by atoms with Crippen molar-refractivity contribution in [3.05, 3.63) is 52.9 Å². The van der Waals surface area contributed by atoms with Crippen LogP contribution in [0.3, 0.4) is 0 Å². The van der Waals surface area contributed by atoms with E-state index < -0.39 is 11.6 Å². The van der Waals surface area contributed by atoms with Crippen molar-refractivity contribution in [3.63, 3.8) is 0 Å². The number of likely N-dealkylation sites (N-methyl/N-ethyl adjacent to an activating group) is 1. The first-order valence-corrected chi connectivity index (χ1v) is 12.6. The molecule has 35 heavy (non-hydrogen) atoms. The zero-order valence-corrected chi connectivity index (χ0v) is 20.5. The lowest BCUT2D eigenvalue weighted by atomic mass is 9.97. The third-order valence-corrected chi connectivity index (χ3v) is 7.33. The van der Waals surface area contributed by atoms with Crippen LogP contribution in [0.15, 0.2) is 36.5 Å². The zero-order valence-electron chi connectivity index (χ0n) is 19.8. The molecule has 8 heteroatoms. The number of piperidine rings is 1. The van der Waals surface area contributed by atoms with E-state index >= 15 is 0 Å². The number of aromatic hydroxyl groups is 1. The molecule has 1 aliphatic carbocycles. The Balaban J connectivity index is 1.51. The van der Waals surface area contributed by atoms with Crippen LogP contribution >= 0.6 is 11.6 Å². The number of carbonyl (C=O) groups excluding carboxylic acids is 1. The Morgan fingerprint density at radius 1 is 1.17 bits per heavy atom. The molecule has 3 N–H and O–H groups in total. The second kappa shape index (κ2) is 10.1. The Morgan fingerprint density at radius 3 is 2.63 bits per heavy atom. The molecule has 2 aliphatic rings. The topological polar surface area (TPSA) is 77.5 Å². The number of likely N-dealkylation sites (tertiary alicyclic amines) is 1. The summed E-state index contributed by atoms with van der Waals surface area (Å²) in [6.45, 7) is 4.01. The van der Waals surface area contributed by atoms with Gasteiger partial charge in [-0.15, -0.1) is 0 Å². The van der Waals surface area contributed by atoms with Gasteiger partial charge in [-0.2, -0.15) is 0 Å². The predicted octanol–water partition coefficient (Wildman–Crippen LogP) is 5.09. The smallest absolute Gasteiger partial charge is 0.170 e. The van der Waals surface area contributed by atoms with E-state index in [1.807, 2.05) is 25.2 Å². The van der Waals surface area contributed by atoms with Crippen molar-refractivity contribution in [3.8, 4) is 16.9 Å². The Hall–Kier alpha value is -2.74. The van der Waals surface area contributed by atoms with Crippen LogP contribution in [0.2, 0.25) is 5.02 Å². The molecule has 0 radical (unpaired) electrons. The number of phenols is 1. The monoisotopic (exact) mass is 496 g/mol. The number of ketones is 1. The normalized spacial score (nSPS) is 17.1. The van der Waals surface area contributed by atoms with E-state index in [0.717, 1.165) is 74.0 Å². The van der Waals surface area contributed by atoms with Crippen LogP contribution in [0.5, 0.6) is 5.75 Å². The number of benzene rings is 2. The van der Waals surface area contributed by atoms with E-state index in [2.05, 4.69) is 20.5 Å². The number of nitrogens with zero attached hydrogens (tertiary/aromatic N) is 2. The average Bonchev–Trinajstić information content (AvgIpc) is 3.72. The number of fused-ring (bicyclic) bond motifs is 1. The number of anilines is 1. The quantitative estimate of drug-likeness (QED) is 0.377. The van der Waals surface area contributed by atoms with E-state index in [9.17, 15) is 14.3 Å². The molecule has 0 spiro atoms. The summed E-state index contributed by atoms with van der Waals surface area (Å²) in [5.41, 5.74) is 3.49. The maximum absolute atomic E-state index is 14.2. The van der Waals surface area contributed by atoms with E-state index in [1.54, 1.807) is 12.3 Å². The lowest BCUT2D eigenvalue weighted by Gasteiger charge is -2.33. The number of nitrogens with one attached hydrogen (secondary N) is 2. The molecule has 3 aromatic rings. The summed E-state index contributed by atoms with van der Waals surface area (Å²) in [6, 6.07) is 8.72. The second-order valence-electron chi connectivity index (χ2n) is 9.57. The summed E-state index contributed by atoms with van der Waals surface area (Å²) in [5, 5.41) is 17.4. The van der Waals surface area contributed by atoms with E-state index in [4.69, 9.17) is 11.6 Å². The first-order valence-electron chi connectivity index (χ1n) is 12.2. The minimum absolute atomic E-state index is 0.0423. The summed E-state index contributed by atoms with van der Waals surface area (Å²) in [5.74, 6) is -1.12. The van der Waals surface area contributed by atoms with Crippen molar-refractivity contribution in [1.29, 1.82) is 0 Å². The number of Topliss-reactive ketones (excluding diaryl/α,β-unsaturated/α-hetero) is 1. The molecule has 0 atom stereocenters. The molecule has 6 nitrogen and oxygen atoms in total. The van der Waals surface area contributed by atoms with Gasteiger partial charge in [0.15, 0.2) is 17.3 Å². The van der Waals surface area contributed by atoms with Gasteiger partial charge in [0.05, 0.1) is 21.8 Å². The van der Waals surface area contributed by atoms with Gasteiger partial charge in [0.25, 0.3) is 0 Å². The molecule has 1 saturated carbocycles. The van der Waals surface area contributed by atoms with Gasteiger partial charge in [-0.05, 0) is 68.1 Å². The molecule has 2 fully saturated rings. The number of phenolic OH excluding ortho intramolecular Hbond substituents is 1. The molecule has 0 unspecified atom stereocenters. The first kappa shape index (κ1) is 24.0. The SMILES string of the molecule is CNCCN1CCC(Nc2c(C(=O)C3CC3)cnc3ccc(-c4cc(F)c(O)c(Cl)c4)cc23)CC1. The molecule has 2 aromatic carbocycles. The summed E-state index contributed by atoms with van der Waals surface area (Å²) in [7, 11) is 1.97. The second-order valence-corrected chi connectivity index (χ2v) is 9.98. The summed E-state index contributed by atoms with van der Waals surface area (Å²) < 4.78 is 14.2. The third kappa shape index (κ3) is 5.13. The Morgan fingerprint density at radius 2 is 1.94 bits per heavy atom. The molecule has 1 aromatic heterocycles. The Bertz CT molecular complexity index is 1230. The zero-order chi connectivity index (χ0) is 24.5. The van der Waals surface area contributed by atoms with Gasteiger partial charge in [0.2, 0.25) is 0 Å². The average molecular weight is 497 g/mol. The van der Waals surface area contributed by atoms with Gasteiger partial charge >= 0.3 is 0 Å². The number of hydrogen-bond acceptors (Lipinski definition) is 6. The highest BCUT2D eigenvalue weighted by Gasteiger charge is 2.33. The fourth-order valence-electron chi connectivity index (χ4n) is 4.79. The number of hydrogen-bond donors (Lipinski definition) is 3. The first-order chi connectivity index (χ1) is 16.9. The summed E-state index contributed by atoms with van der Waals surface area (Å²) >= 11 is 6.03. The molecule has 0 bridgehead atoms. The van der Waals surface area contributed by atoms with E-state index in [-0.39, 0.29) is 22.8 Å². The van der Waals surface area contributed by atoms with E-state index in [1.165, 1.54) is 6.07 Å². The van der Waals surface area contributed by atoms with Crippen LogP contribution in [-0.2, 0) is 0 Å². The molecule has 5 rings (SSSR count). The van der Waals surface area contributed by atoms with Crippen molar-refractivity contribution >= 4 is 34.0 Å². The van der Waals surface area contributed by atoms with Crippen molar-refractivity contribution in [1.82, 2.24) is 15.2 Å². The van der Waals surface area contributed by atoms with Gasteiger partial charge in [0, 0.05) is 49.7 Å². The maximum atomic E-state index is 14.2. The van der Waals surface area contributed by atoms with Crippen molar-refractivity contribution in [2.45, 2.75) is 31.7 Å². The number of carbonyl (C=O) groups is 1. The van der Waals surface area contributed by atoms with Crippen LogP contribution < -0.4 is 10.6 Å². The Kier molecular flexibility index (Phi) is 6.91. The minimum atomic E-state index is -0.772. The van der Waals surface area contributed by atoms with Crippen LogP contribution in [0.25, 0.3) is 22.0 Å². The van der Waals surface area contributed by atoms with Crippen LogP contribution in [0.1, 0.15) is 36.0 Å². The van der Waals surface area contributed by atoms with Gasteiger partial charge in [-0.25, -0.2) is 4.39 Å². The fourth-order valence-corrected chi connectivity index (χ4v) is 4.99. The number of pyridine rings is 1. The molecule has 2 heterocycles. The maximum Gasteiger partial charge on any atom is 0.170 e. The van der Waals surface area contributed by atoms with Gasteiger partial charge < -0.3 is 20.6 Å². The number of halogens is 2. The van der Waals surface area contributed by atoms with Crippen molar-refractivity contribution in [2.75, 3.05) is 38.5 Å². The van der Waals surface area contributed by atoms with Crippen molar-refractivity contribution < 1.29 is 14.3 Å². The minimum Gasteiger partial charge on any atom is -0.504 e. The molecule has 1 saturated heterocycles. The third-order valence-electron chi connectivity index (χ3n) is 7.05. The standard InChI is InChI=1S/C27H30ClFN4O2/c1-30-8-11-33-9-6-19(7-10-33)32-25-20-12-17(18-13-22(28)27(35)23(29)14-18)4-5-24(20)31-15-21(25)26(34)16-2-3-16/h4-5,12-16,19,30,35H,2-3,6-11H2,1H3,(H,31,32). The van der Waals surface area contributed by atoms with Crippen LogP contribution in [-0.4, -0.2) is 60.0 Å². The highest BCUT2D eigenvalue weighted by molar-refractivity contribution is 6.32. The molecule has 184 valence electrons. The van der Waals surface area contributed by atoms with Gasteiger partial charge in [0.1, 0.15) is 0 Å². The molecule has 1 aliphatic heterocycles. The summed E-state index contributed by atoms with van der Waals surface area (Å²) in [6.07, 6.45) is 5.52. The summed E-state index contributed by atoms with van der Waals surface area (Å²) in [4.78, 5) is 20.2. The molecule has 0 amide bonds. The van der Waals surface area contributed by atoms with Gasteiger partial charge in [-0.1, -0.05) is 17.7 Å². The number of aromatic nitrogens is 1. The van der Waals surface area contributed by atoms with Gasteiger partial charge in [-0.3, -0.25) is 9.78 Å². The molecular formula is C27H30ClFN4O2. The highest BCUT2D eigenvalue weighted by atomic mass is 35.5. The van der Waals surface area contributed by atoms with Crippen molar-refractivity contribution in [2.24, 2.45) is 5.92 Å². The van der Waals surface area contributed by atoms with E-state index in [0.29, 0.717) is 11.1 Å². The number of rotatable bonds is 8. The molecular weight excluding hydrogens is 467 g/mol. The van der Waals surface area contributed by atoms with Crippen LogP contribution in [0.4, 0.5) is 10.1 Å². The van der Waals surface area contributed by atoms with Crippen LogP contribution in [0, 0.1) is 11.7 Å². The fraction of sp³-hybridized carbons (Fsp3) is 0.407. The largest absolute Gasteiger partial charge is 0.504 e.